The Morgan fingerprint density at radius 1 is 1.25 bits per heavy atom. The minimum Gasteiger partial charge on any atom is -0.390 e. The Hall–Kier alpha value is -2.38. The Labute approximate surface area is 194 Å². The summed E-state index contributed by atoms with van der Waals surface area (Å²) in [5.74, 6) is -0.188. The zero-order valence-electron chi connectivity index (χ0n) is 18.8. The number of nitrogens with zero attached hydrogens (tertiary/aromatic N) is 3. The van der Waals surface area contributed by atoms with Crippen molar-refractivity contribution in [3.8, 4) is 0 Å². The molecule has 32 heavy (non-hydrogen) atoms. The van der Waals surface area contributed by atoms with Crippen LogP contribution in [0.1, 0.15) is 45.1 Å². The smallest absolute Gasteiger partial charge is 0.246 e. The summed E-state index contributed by atoms with van der Waals surface area (Å²) in [7, 11) is 0. The van der Waals surface area contributed by atoms with Gasteiger partial charge in [0.05, 0.1) is 5.60 Å². The van der Waals surface area contributed by atoms with E-state index in [0.29, 0.717) is 50.6 Å². The molecule has 7 nitrogen and oxygen atoms in total. The van der Waals surface area contributed by atoms with Gasteiger partial charge in [0.2, 0.25) is 17.7 Å². The highest BCUT2D eigenvalue weighted by Gasteiger charge is 2.31. The van der Waals surface area contributed by atoms with Crippen LogP contribution >= 0.6 is 11.6 Å². The maximum absolute atomic E-state index is 12.8. The molecule has 2 fully saturated rings. The van der Waals surface area contributed by atoms with Crippen LogP contribution in [0, 0.1) is 0 Å². The highest BCUT2D eigenvalue weighted by molar-refractivity contribution is 6.30. The van der Waals surface area contributed by atoms with Gasteiger partial charge in [0, 0.05) is 62.7 Å². The van der Waals surface area contributed by atoms with E-state index in [1.165, 1.54) is 6.08 Å². The summed E-state index contributed by atoms with van der Waals surface area (Å²) in [6, 6.07) is 7.09. The lowest BCUT2D eigenvalue weighted by atomic mass is 9.94. The maximum atomic E-state index is 12.8. The SMILES string of the molecule is CC1CN(CCC(=O)N2CCC(C)(O)CC2)C(=O)CCN1C(=O)C=Cc1cccc(Cl)c1. The van der Waals surface area contributed by atoms with Crippen LogP contribution in [0.5, 0.6) is 0 Å². The number of rotatable bonds is 5. The molecule has 0 spiro atoms. The highest BCUT2D eigenvalue weighted by Crippen LogP contribution is 2.22. The molecule has 0 saturated carbocycles. The Kier molecular flexibility index (Phi) is 7.96. The first kappa shape index (κ1) is 24.3. The summed E-state index contributed by atoms with van der Waals surface area (Å²) in [5, 5.41) is 10.7. The number of hydrogen-bond acceptors (Lipinski definition) is 4. The van der Waals surface area contributed by atoms with Crippen LogP contribution in [0.25, 0.3) is 6.08 Å². The van der Waals surface area contributed by atoms with Crippen molar-refractivity contribution in [3.63, 3.8) is 0 Å². The van der Waals surface area contributed by atoms with Gasteiger partial charge < -0.3 is 19.8 Å². The summed E-state index contributed by atoms with van der Waals surface area (Å²) in [4.78, 5) is 43.1. The van der Waals surface area contributed by atoms with Gasteiger partial charge >= 0.3 is 0 Å². The van der Waals surface area contributed by atoms with Crippen molar-refractivity contribution in [3.05, 3.63) is 40.9 Å². The van der Waals surface area contributed by atoms with Crippen LogP contribution < -0.4 is 0 Å². The molecule has 1 unspecified atom stereocenters. The summed E-state index contributed by atoms with van der Waals surface area (Å²) < 4.78 is 0. The molecular weight excluding hydrogens is 430 g/mol. The average molecular weight is 462 g/mol. The Morgan fingerprint density at radius 2 is 1.97 bits per heavy atom. The molecule has 0 aliphatic carbocycles. The van der Waals surface area contributed by atoms with Crippen LogP contribution in [0.15, 0.2) is 30.3 Å². The molecule has 1 aromatic rings. The molecule has 0 aromatic heterocycles. The van der Waals surface area contributed by atoms with Gasteiger partial charge in [0.25, 0.3) is 0 Å². The molecule has 0 bridgehead atoms. The normalized spacial score (nSPS) is 21.7. The third-order valence-corrected chi connectivity index (χ3v) is 6.51. The van der Waals surface area contributed by atoms with Crippen LogP contribution in [-0.4, -0.2) is 81.9 Å². The summed E-state index contributed by atoms with van der Waals surface area (Å²) in [5.41, 5.74) is 0.133. The average Bonchev–Trinajstić information content (AvgIpc) is 2.88. The van der Waals surface area contributed by atoms with Gasteiger partial charge in [-0.05, 0) is 50.5 Å². The van der Waals surface area contributed by atoms with E-state index < -0.39 is 5.60 Å². The van der Waals surface area contributed by atoms with E-state index in [1.807, 2.05) is 19.1 Å². The monoisotopic (exact) mass is 461 g/mol. The van der Waals surface area contributed by atoms with Gasteiger partial charge in [0.1, 0.15) is 0 Å². The van der Waals surface area contributed by atoms with Gasteiger partial charge in [-0.15, -0.1) is 0 Å². The number of likely N-dealkylation sites (tertiary alicyclic amines) is 1. The lowest BCUT2D eigenvalue weighted by molar-refractivity contribution is -0.136. The van der Waals surface area contributed by atoms with Crippen molar-refractivity contribution in [1.82, 2.24) is 14.7 Å². The number of carbonyl (C=O) groups excluding carboxylic acids is 3. The quantitative estimate of drug-likeness (QED) is 0.683. The third kappa shape index (κ3) is 6.56. The van der Waals surface area contributed by atoms with E-state index in [9.17, 15) is 19.5 Å². The first-order valence-corrected chi connectivity index (χ1v) is 11.5. The molecule has 1 atom stereocenters. The van der Waals surface area contributed by atoms with Crippen LogP contribution in [0.4, 0.5) is 0 Å². The zero-order valence-corrected chi connectivity index (χ0v) is 19.6. The maximum Gasteiger partial charge on any atom is 0.246 e. The van der Waals surface area contributed by atoms with Crippen LogP contribution in [-0.2, 0) is 14.4 Å². The van der Waals surface area contributed by atoms with Gasteiger partial charge in [0.15, 0.2) is 0 Å². The van der Waals surface area contributed by atoms with Gasteiger partial charge in [-0.3, -0.25) is 14.4 Å². The molecule has 8 heteroatoms. The standard InChI is InChI=1S/C24H32ClN3O4/c1-18-17-27(12-8-21(29)26-14-10-24(2,32)11-15-26)22(30)9-13-28(18)23(31)7-6-19-4-3-5-20(25)16-19/h3-7,16,18,32H,8-15,17H2,1-2H3. The predicted octanol–water partition coefficient (Wildman–Crippen LogP) is 2.57. The van der Waals surface area contributed by atoms with Crippen molar-refractivity contribution < 1.29 is 19.5 Å². The fraction of sp³-hybridized carbons (Fsp3) is 0.542. The predicted molar refractivity (Wildman–Crippen MR) is 124 cm³/mol. The molecule has 2 aliphatic heterocycles. The summed E-state index contributed by atoms with van der Waals surface area (Å²) in [6.45, 7) is 5.89. The minimum absolute atomic E-state index is 0.00240. The molecule has 1 aromatic carbocycles. The lowest BCUT2D eigenvalue weighted by Crippen LogP contribution is -2.46. The lowest BCUT2D eigenvalue weighted by Gasteiger charge is -2.36. The van der Waals surface area contributed by atoms with Crippen LogP contribution in [0.3, 0.4) is 0 Å². The first-order chi connectivity index (χ1) is 15.1. The number of piperidine rings is 1. The fourth-order valence-corrected chi connectivity index (χ4v) is 4.36. The number of amides is 3. The molecular formula is C24H32ClN3O4. The molecule has 174 valence electrons. The molecule has 3 rings (SSSR count). The van der Waals surface area contributed by atoms with E-state index in [4.69, 9.17) is 11.6 Å². The number of halogens is 1. The molecule has 2 heterocycles. The second kappa shape index (κ2) is 10.5. The molecule has 0 radical (unpaired) electrons. The van der Waals surface area contributed by atoms with Crippen molar-refractivity contribution in [2.24, 2.45) is 0 Å². The number of carbonyl (C=O) groups is 3. The van der Waals surface area contributed by atoms with Gasteiger partial charge in [-0.1, -0.05) is 23.7 Å². The van der Waals surface area contributed by atoms with Crippen molar-refractivity contribution in [2.45, 2.75) is 51.2 Å². The number of benzene rings is 1. The topological polar surface area (TPSA) is 81.2 Å². The highest BCUT2D eigenvalue weighted by atomic mass is 35.5. The summed E-state index contributed by atoms with van der Waals surface area (Å²) in [6.07, 6.45) is 4.86. The molecule has 1 N–H and O–H groups in total. The number of hydrogen-bond donors (Lipinski definition) is 1. The van der Waals surface area contributed by atoms with Crippen molar-refractivity contribution in [1.29, 1.82) is 0 Å². The Balaban J connectivity index is 1.53. The summed E-state index contributed by atoms with van der Waals surface area (Å²) >= 11 is 5.99. The molecule has 2 saturated heterocycles. The van der Waals surface area contributed by atoms with E-state index in [1.54, 1.807) is 39.8 Å². The molecule has 2 aliphatic rings. The number of aliphatic hydroxyl groups is 1. The van der Waals surface area contributed by atoms with E-state index in [-0.39, 0.29) is 36.6 Å². The zero-order chi connectivity index (χ0) is 23.3. The largest absolute Gasteiger partial charge is 0.390 e. The van der Waals surface area contributed by atoms with Crippen molar-refractivity contribution >= 4 is 35.4 Å². The van der Waals surface area contributed by atoms with E-state index >= 15 is 0 Å². The third-order valence-electron chi connectivity index (χ3n) is 6.27. The van der Waals surface area contributed by atoms with E-state index in [0.717, 1.165) is 5.56 Å². The van der Waals surface area contributed by atoms with Crippen molar-refractivity contribution in [2.75, 3.05) is 32.7 Å². The van der Waals surface area contributed by atoms with Crippen LogP contribution in [0.2, 0.25) is 5.02 Å². The molecule has 3 amide bonds. The first-order valence-electron chi connectivity index (χ1n) is 11.2. The van der Waals surface area contributed by atoms with E-state index in [2.05, 4.69) is 0 Å². The van der Waals surface area contributed by atoms with Gasteiger partial charge in [-0.25, -0.2) is 0 Å². The Morgan fingerprint density at radius 3 is 2.66 bits per heavy atom. The minimum atomic E-state index is -0.704. The second-order valence-electron chi connectivity index (χ2n) is 8.99. The second-order valence-corrected chi connectivity index (χ2v) is 9.42. The Bertz CT molecular complexity index is 876. The van der Waals surface area contributed by atoms with Gasteiger partial charge in [-0.2, -0.15) is 0 Å². The fourth-order valence-electron chi connectivity index (χ4n) is 4.16.